The van der Waals surface area contributed by atoms with Crippen LogP contribution in [0, 0.1) is 11.3 Å². The summed E-state index contributed by atoms with van der Waals surface area (Å²) in [6, 6.07) is 11.0. The van der Waals surface area contributed by atoms with E-state index in [1.807, 2.05) is 6.07 Å². The van der Waals surface area contributed by atoms with Crippen molar-refractivity contribution >= 4 is 17.7 Å². The van der Waals surface area contributed by atoms with Crippen molar-refractivity contribution in [2.45, 2.75) is 39.1 Å². The first-order valence-corrected chi connectivity index (χ1v) is 9.72. The maximum absolute atomic E-state index is 13.2. The summed E-state index contributed by atoms with van der Waals surface area (Å²) in [4.78, 5) is 26.9. The van der Waals surface area contributed by atoms with Gasteiger partial charge in [0.25, 0.3) is 0 Å². The van der Waals surface area contributed by atoms with Crippen molar-refractivity contribution < 1.29 is 27.5 Å². The standard InChI is InChI=1S/C23H20F3N3O3/c1-13(2)32-21(30)19-14(3)29(18-6-4-5-17(11-18)23(24,25)26)22(31)28-20(19)16-9-7-15(12-27)8-10-16/h4-11,13,20H,1-3H3,(H,28,31). The van der Waals surface area contributed by atoms with E-state index in [-0.39, 0.29) is 17.0 Å². The van der Waals surface area contributed by atoms with Crippen LogP contribution in [-0.4, -0.2) is 18.1 Å². The summed E-state index contributed by atoms with van der Waals surface area (Å²) in [6.45, 7) is 4.81. The molecule has 0 radical (unpaired) electrons. The van der Waals surface area contributed by atoms with Gasteiger partial charge in [0.05, 0.1) is 40.6 Å². The molecule has 1 atom stereocenters. The Morgan fingerprint density at radius 3 is 2.41 bits per heavy atom. The Labute approximate surface area is 182 Å². The molecule has 9 heteroatoms. The molecule has 1 N–H and O–H groups in total. The Hall–Kier alpha value is -3.80. The molecule has 1 aliphatic rings. The van der Waals surface area contributed by atoms with Gasteiger partial charge in [-0.25, -0.2) is 9.59 Å². The first kappa shape index (κ1) is 22.9. The number of nitrogens with one attached hydrogen (secondary N) is 1. The first-order chi connectivity index (χ1) is 15.0. The summed E-state index contributed by atoms with van der Waals surface area (Å²) >= 11 is 0. The van der Waals surface area contributed by atoms with E-state index in [0.29, 0.717) is 11.1 Å². The Kier molecular flexibility index (Phi) is 6.25. The number of carbonyl (C=O) groups excluding carboxylic acids is 2. The fourth-order valence-corrected chi connectivity index (χ4v) is 3.42. The molecule has 0 aliphatic carbocycles. The van der Waals surface area contributed by atoms with E-state index < -0.39 is 35.9 Å². The van der Waals surface area contributed by atoms with Gasteiger partial charge in [0.15, 0.2) is 0 Å². The van der Waals surface area contributed by atoms with E-state index in [2.05, 4.69) is 5.32 Å². The number of allylic oxidation sites excluding steroid dienone is 1. The number of carbonyl (C=O) groups is 2. The SMILES string of the molecule is CC1=C(C(=O)OC(C)C)C(c2ccc(C#N)cc2)NC(=O)N1c1cccc(C(F)(F)F)c1. The average Bonchev–Trinajstić information content (AvgIpc) is 2.72. The topological polar surface area (TPSA) is 82.4 Å². The fraction of sp³-hybridized carbons (Fsp3) is 0.261. The molecule has 32 heavy (non-hydrogen) atoms. The van der Waals surface area contributed by atoms with Crippen LogP contribution in [0.1, 0.15) is 43.5 Å². The fourth-order valence-electron chi connectivity index (χ4n) is 3.42. The monoisotopic (exact) mass is 443 g/mol. The van der Waals surface area contributed by atoms with E-state index in [0.717, 1.165) is 17.0 Å². The second-order valence-corrected chi connectivity index (χ2v) is 7.45. The van der Waals surface area contributed by atoms with Crippen molar-refractivity contribution in [2.75, 3.05) is 4.90 Å². The van der Waals surface area contributed by atoms with Gasteiger partial charge in [0.2, 0.25) is 0 Å². The summed E-state index contributed by atoms with van der Waals surface area (Å²) in [7, 11) is 0. The van der Waals surface area contributed by atoms with Gasteiger partial charge in [-0.1, -0.05) is 18.2 Å². The normalized spacial score (nSPS) is 16.6. The predicted octanol–water partition coefficient (Wildman–Crippen LogP) is 5.07. The third-order valence-electron chi connectivity index (χ3n) is 4.85. The molecule has 3 rings (SSSR count). The number of nitriles is 1. The van der Waals surface area contributed by atoms with Gasteiger partial charge in [-0.3, -0.25) is 4.90 Å². The number of urea groups is 1. The number of rotatable bonds is 4. The largest absolute Gasteiger partial charge is 0.459 e. The van der Waals surface area contributed by atoms with Gasteiger partial charge in [-0.15, -0.1) is 0 Å². The molecule has 166 valence electrons. The summed E-state index contributed by atoms with van der Waals surface area (Å²) in [5, 5.41) is 11.7. The molecule has 0 aromatic heterocycles. The number of nitrogens with zero attached hydrogens (tertiary/aromatic N) is 2. The maximum atomic E-state index is 13.2. The lowest BCUT2D eigenvalue weighted by atomic mass is 9.94. The highest BCUT2D eigenvalue weighted by Crippen LogP contribution is 2.37. The molecule has 2 amide bonds. The van der Waals surface area contributed by atoms with Crippen LogP contribution in [0.15, 0.2) is 59.8 Å². The second-order valence-electron chi connectivity index (χ2n) is 7.45. The van der Waals surface area contributed by atoms with E-state index in [4.69, 9.17) is 10.00 Å². The molecule has 0 saturated heterocycles. The van der Waals surface area contributed by atoms with Crippen LogP contribution >= 0.6 is 0 Å². The Morgan fingerprint density at radius 2 is 1.84 bits per heavy atom. The minimum Gasteiger partial charge on any atom is -0.459 e. The highest BCUT2D eigenvalue weighted by Gasteiger charge is 2.38. The number of halogens is 3. The van der Waals surface area contributed by atoms with Crippen molar-refractivity contribution in [1.82, 2.24) is 5.32 Å². The number of alkyl halides is 3. The van der Waals surface area contributed by atoms with Crippen LogP contribution in [0.2, 0.25) is 0 Å². The molecule has 1 aliphatic heterocycles. The third-order valence-corrected chi connectivity index (χ3v) is 4.85. The third kappa shape index (κ3) is 4.59. The molecule has 2 aromatic rings. The maximum Gasteiger partial charge on any atom is 0.416 e. The molecular weight excluding hydrogens is 423 g/mol. The highest BCUT2D eigenvalue weighted by molar-refractivity contribution is 6.03. The number of amides is 2. The van der Waals surface area contributed by atoms with E-state index in [1.165, 1.54) is 19.1 Å². The molecule has 1 unspecified atom stereocenters. The molecule has 2 aromatic carbocycles. The van der Waals surface area contributed by atoms with Crippen molar-refractivity contribution in [2.24, 2.45) is 0 Å². The zero-order chi connectivity index (χ0) is 23.6. The number of anilines is 1. The molecule has 6 nitrogen and oxygen atoms in total. The number of hydrogen-bond acceptors (Lipinski definition) is 4. The number of hydrogen-bond donors (Lipinski definition) is 1. The van der Waals surface area contributed by atoms with Gasteiger partial charge in [-0.05, 0) is 56.7 Å². The lowest BCUT2D eigenvalue weighted by Gasteiger charge is -2.35. The lowest BCUT2D eigenvalue weighted by molar-refractivity contribution is -0.143. The van der Waals surface area contributed by atoms with Crippen molar-refractivity contribution in [3.05, 3.63) is 76.5 Å². The smallest absolute Gasteiger partial charge is 0.416 e. The Morgan fingerprint density at radius 1 is 1.19 bits per heavy atom. The van der Waals surface area contributed by atoms with Crippen LogP contribution in [-0.2, 0) is 15.7 Å². The van der Waals surface area contributed by atoms with Crippen molar-refractivity contribution in [3.8, 4) is 6.07 Å². The van der Waals surface area contributed by atoms with Gasteiger partial charge >= 0.3 is 18.2 Å². The average molecular weight is 443 g/mol. The zero-order valence-electron chi connectivity index (χ0n) is 17.5. The van der Waals surface area contributed by atoms with Crippen LogP contribution in [0.5, 0.6) is 0 Å². The molecule has 0 spiro atoms. The summed E-state index contributed by atoms with van der Waals surface area (Å²) in [5.41, 5.74) is 0.192. The number of ether oxygens (including phenoxy) is 1. The van der Waals surface area contributed by atoms with Crippen LogP contribution < -0.4 is 10.2 Å². The number of benzene rings is 2. The Bertz CT molecular complexity index is 1120. The van der Waals surface area contributed by atoms with Crippen LogP contribution in [0.4, 0.5) is 23.7 Å². The predicted molar refractivity (Wildman–Crippen MR) is 110 cm³/mol. The highest BCUT2D eigenvalue weighted by atomic mass is 19.4. The quantitative estimate of drug-likeness (QED) is 0.669. The summed E-state index contributed by atoms with van der Waals surface area (Å²) < 4.78 is 44.9. The van der Waals surface area contributed by atoms with Gasteiger partial charge in [0, 0.05) is 5.70 Å². The second kappa shape index (κ2) is 8.75. The zero-order valence-corrected chi connectivity index (χ0v) is 17.5. The van der Waals surface area contributed by atoms with Crippen molar-refractivity contribution in [1.29, 1.82) is 5.26 Å². The summed E-state index contributed by atoms with van der Waals surface area (Å²) in [5.74, 6) is -0.705. The molecule has 1 heterocycles. The minimum absolute atomic E-state index is 0.0389. The van der Waals surface area contributed by atoms with Gasteiger partial charge < -0.3 is 10.1 Å². The van der Waals surface area contributed by atoms with E-state index in [1.54, 1.807) is 38.1 Å². The number of esters is 1. The van der Waals surface area contributed by atoms with E-state index >= 15 is 0 Å². The van der Waals surface area contributed by atoms with Crippen molar-refractivity contribution in [3.63, 3.8) is 0 Å². The van der Waals surface area contributed by atoms with Crippen LogP contribution in [0.3, 0.4) is 0 Å². The molecule has 0 saturated carbocycles. The molecule has 0 bridgehead atoms. The van der Waals surface area contributed by atoms with Crippen LogP contribution in [0.25, 0.3) is 0 Å². The van der Waals surface area contributed by atoms with Gasteiger partial charge in [0.1, 0.15) is 0 Å². The minimum atomic E-state index is -4.59. The first-order valence-electron chi connectivity index (χ1n) is 9.72. The Balaban J connectivity index is 2.14. The molecule has 0 fully saturated rings. The lowest BCUT2D eigenvalue weighted by Crippen LogP contribution is -2.48. The molecular formula is C23H20F3N3O3. The van der Waals surface area contributed by atoms with E-state index in [9.17, 15) is 22.8 Å². The summed E-state index contributed by atoms with van der Waals surface area (Å²) in [6.07, 6.45) is -5.05. The van der Waals surface area contributed by atoms with Gasteiger partial charge in [-0.2, -0.15) is 18.4 Å².